The summed E-state index contributed by atoms with van der Waals surface area (Å²) in [5.74, 6) is -0.204. The zero-order valence-corrected chi connectivity index (χ0v) is 14.4. The van der Waals surface area contributed by atoms with E-state index in [1.807, 2.05) is 53.7 Å². The summed E-state index contributed by atoms with van der Waals surface area (Å²) in [6, 6.07) is 3.79. The van der Waals surface area contributed by atoms with Crippen molar-refractivity contribution in [2.24, 2.45) is 0 Å². The van der Waals surface area contributed by atoms with Gasteiger partial charge in [-0.1, -0.05) is 41.5 Å². The number of hydrogen-bond donors (Lipinski definition) is 2. The molecule has 0 aromatic heterocycles. The first-order valence-corrected chi connectivity index (χ1v) is 7.24. The molecule has 0 aliphatic rings. The van der Waals surface area contributed by atoms with Crippen LogP contribution in [0, 0.1) is 0 Å². The van der Waals surface area contributed by atoms with Crippen LogP contribution in [0.25, 0.3) is 6.08 Å². The fourth-order valence-electron chi connectivity index (χ4n) is 2.09. The molecule has 0 bridgehead atoms. The lowest BCUT2D eigenvalue weighted by Gasteiger charge is -2.27. The summed E-state index contributed by atoms with van der Waals surface area (Å²) in [6.45, 7) is 12.3. The van der Waals surface area contributed by atoms with Gasteiger partial charge in [0.05, 0.1) is 0 Å². The van der Waals surface area contributed by atoms with E-state index in [1.165, 1.54) is 6.08 Å². The van der Waals surface area contributed by atoms with E-state index in [1.54, 1.807) is 6.08 Å². The lowest BCUT2D eigenvalue weighted by Crippen LogP contribution is -2.17. The second-order valence-electron chi connectivity index (χ2n) is 7.21. The Morgan fingerprint density at radius 2 is 1.52 bits per heavy atom. The van der Waals surface area contributed by atoms with E-state index in [2.05, 4.69) is 17.1 Å². The Balaban J connectivity index is 3.48. The van der Waals surface area contributed by atoms with Crippen LogP contribution in [0.4, 0.5) is 0 Å². The van der Waals surface area contributed by atoms with Crippen LogP contribution in [0.15, 0.2) is 18.2 Å². The van der Waals surface area contributed by atoms with Crippen molar-refractivity contribution in [3.63, 3.8) is 0 Å². The smallest absolute Gasteiger partial charge is 0.342 e. The topological polar surface area (TPSA) is 46.5 Å². The molecule has 4 heteroatoms. The van der Waals surface area contributed by atoms with E-state index in [-0.39, 0.29) is 10.8 Å². The molecule has 0 fully saturated rings. The summed E-state index contributed by atoms with van der Waals surface area (Å²) in [7, 11) is 0. The Kier molecular flexibility index (Phi) is 5.16. The van der Waals surface area contributed by atoms with Gasteiger partial charge < -0.3 is 9.29 Å². The molecule has 0 atom stereocenters. The van der Waals surface area contributed by atoms with Gasteiger partial charge in [-0.3, -0.25) is 0 Å². The van der Waals surface area contributed by atoms with E-state index >= 15 is 0 Å². The number of hydrogen-bond acceptors (Lipinski definition) is 4. The number of phenolic OH excluding ortho intramolecular Hbond substituents is 1. The van der Waals surface area contributed by atoms with Crippen LogP contribution >= 0.6 is 12.9 Å². The van der Waals surface area contributed by atoms with Gasteiger partial charge in [0.25, 0.3) is 0 Å². The van der Waals surface area contributed by atoms with Crippen LogP contribution in [0.2, 0.25) is 0 Å². The molecular formula is C17H24O3S. The fourth-order valence-corrected chi connectivity index (χ4v) is 2.15. The largest absolute Gasteiger partial charge is 0.507 e. The average molecular weight is 308 g/mol. The molecule has 1 aromatic carbocycles. The molecule has 116 valence electrons. The molecule has 0 aliphatic carbocycles. The maximum absolute atomic E-state index is 11.2. The molecule has 0 aliphatic heterocycles. The third kappa shape index (κ3) is 4.53. The van der Waals surface area contributed by atoms with E-state index in [0.29, 0.717) is 5.75 Å². The summed E-state index contributed by atoms with van der Waals surface area (Å²) >= 11 is 3.47. The normalized spacial score (nSPS) is 12.7. The third-order valence-electron chi connectivity index (χ3n) is 3.25. The second-order valence-corrected chi connectivity index (χ2v) is 7.39. The quantitative estimate of drug-likeness (QED) is 0.484. The minimum atomic E-state index is -0.527. The van der Waals surface area contributed by atoms with Crippen LogP contribution in [0.1, 0.15) is 58.2 Å². The van der Waals surface area contributed by atoms with Crippen molar-refractivity contribution in [1.82, 2.24) is 0 Å². The first-order valence-electron chi connectivity index (χ1n) is 6.88. The lowest BCUT2D eigenvalue weighted by molar-refractivity contribution is -0.127. The Morgan fingerprint density at radius 1 is 1.10 bits per heavy atom. The predicted octanol–water partition coefficient (Wildman–Crippen LogP) is 4.39. The van der Waals surface area contributed by atoms with E-state index in [4.69, 9.17) is 0 Å². The molecule has 0 unspecified atom stereocenters. The lowest BCUT2D eigenvalue weighted by atomic mass is 9.78. The number of carbonyl (C=O) groups excluding carboxylic acids is 1. The molecular weight excluding hydrogens is 284 g/mol. The third-order valence-corrected chi connectivity index (χ3v) is 3.43. The van der Waals surface area contributed by atoms with Crippen LogP contribution < -0.4 is 0 Å². The zero-order chi connectivity index (χ0) is 16.4. The fraction of sp³-hybridized carbons (Fsp3) is 0.471. The zero-order valence-electron chi connectivity index (χ0n) is 13.5. The van der Waals surface area contributed by atoms with Gasteiger partial charge in [-0.15, -0.1) is 0 Å². The Bertz CT molecular complexity index is 525. The first kappa shape index (κ1) is 17.6. The second kappa shape index (κ2) is 6.14. The molecule has 1 N–H and O–H groups in total. The van der Waals surface area contributed by atoms with Crippen molar-refractivity contribution in [3.05, 3.63) is 34.9 Å². The van der Waals surface area contributed by atoms with Gasteiger partial charge >= 0.3 is 5.97 Å². The summed E-state index contributed by atoms with van der Waals surface area (Å²) in [5, 5.41) is 10.6. The highest BCUT2D eigenvalue weighted by atomic mass is 32.1. The SMILES string of the molecule is CC(C)(C)c1cc(/C=C/C(=O)OS)cc(C(C)(C)C)c1O. The number of rotatable bonds is 2. The summed E-state index contributed by atoms with van der Waals surface area (Å²) < 4.78 is 4.31. The molecule has 1 rings (SSSR count). The molecule has 0 radical (unpaired) electrons. The minimum absolute atomic E-state index is 0.196. The minimum Gasteiger partial charge on any atom is -0.507 e. The number of aromatic hydroxyl groups is 1. The van der Waals surface area contributed by atoms with Gasteiger partial charge in [0.2, 0.25) is 0 Å². The van der Waals surface area contributed by atoms with Crippen LogP contribution in [0.3, 0.4) is 0 Å². The predicted molar refractivity (Wildman–Crippen MR) is 89.6 cm³/mol. The average Bonchev–Trinajstić information content (AvgIpc) is 2.34. The number of phenols is 1. The highest BCUT2D eigenvalue weighted by Crippen LogP contribution is 2.39. The Hall–Kier alpha value is -1.42. The molecule has 1 aromatic rings. The molecule has 0 amide bonds. The summed E-state index contributed by atoms with van der Waals surface area (Å²) in [5.41, 5.74) is 2.17. The Labute approximate surface area is 132 Å². The maximum Gasteiger partial charge on any atom is 0.342 e. The molecule has 0 saturated carbocycles. The molecule has 3 nitrogen and oxygen atoms in total. The van der Waals surface area contributed by atoms with Gasteiger partial charge in [0.1, 0.15) is 5.75 Å². The van der Waals surface area contributed by atoms with Crippen molar-refractivity contribution in [3.8, 4) is 5.75 Å². The van der Waals surface area contributed by atoms with Crippen LogP contribution in [-0.2, 0) is 19.8 Å². The van der Waals surface area contributed by atoms with Gasteiger partial charge in [-0.05, 0) is 34.6 Å². The van der Waals surface area contributed by atoms with E-state index in [0.717, 1.165) is 16.7 Å². The standard InChI is InChI=1S/C17H24O3S/c1-16(2,3)12-9-11(7-8-14(18)20-21)10-13(15(12)19)17(4,5)6/h7-10,19,21H,1-6H3/b8-7+. The van der Waals surface area contributed by atoms with Gasteiger partial charge in [-0.25, -0.2) is 4.79 Å². The van der Waals surface area contributed by atoms with E-state index < -0.39 is 5.97 Å². The van der Waals surface area contributed by atoms with Crippen molar-refractivity contribution >= 4 is 25.0 Å². The van der Waals surface area contributed by atoms with Crippen molar-refractivity contribution < 1.29 is 14.1 Å². The van der Waals surface area contributed by atoms with Crippen molar-refractivity contribution in [1.29, 1.82) is 0 Å². The number of carbonyl (C=O) groups is 1. The summed E-state index contributed by atoms with van der Waals surface area (Å²) in [4.78, 5) is 11.2. The molecule has 21 heavy (non-hydrogen) atoms. The highest BCUT2D eigenvalue weighted by molar-refractivity contribution is 7.75. The van der Waals surface area contributed by atoms with Gasteiger partial charge in [-0.2, -0.15) is 0 Å². The van der Waals surface area contributed by atoms with E-state index in [9.17, 15) is 9.90 Å². The van der Waals surface area contributed by atoms with Gasteiger partial charge in [0.15, 0.2) is 0 Å². The molecule has 0 heterocycles. The monoisotopic (exact) mass is 308 g/mol. The van der Waals surface area contributed by atoms with Crippen LogP contribution in [-0.4, -0.2) is 11.1 Å². The van der Waals surface area contributed by atoms with Gasteiger partial charge in [0, 0.05) is 30.1 Å². The van der Waals surface area contributed by atoms with Crippen LogP contribution in [0.5, 0.6) is 5.75 Å². The summed E-state index contributed by atoms with van der Waals surface area (Å²) in [6.07, 6.45) is 2.99. The number of thiol groups is 1. The number of benzene rings is 1. The molecule has 0 spiro atoms. The Morgan fingerprint density at radius 3 is 1.86 bits per heavy atom. The first-order chi connectivity index (χ1) is 9.46. The highest BCUT2D eigenvalue weighted by Gasteiger charge is 2.26. The maximum atomic E-state index is 11.2. The molecule has 0 saturated heterocycles. The van der Waals surface area contributed by atoms with Crippen molar-refractivity contribution in [2.45, 2.75) is 52.4 Å². The van der Waals surface area contributed by atoms with Crippen molar-refractivity contribution in [2.75, 3.05) is 0 Å².